The number of aryl methyl sites for hydroxylation is 1. The molecule has 0 aliphatic heterocycles. The first-order valence-electron chi connectivity index (χ1n) is 8.71. The van der Waals surface area contributed by atoms with Crippen molar-refractivity contribution in [2.45, 2.75) is 13.1 Å². The summed E-state index contributed by atoms with van der Waals surface area (Å²) < 4.78 is 44.0. The average molecular weight is 401 g/mol. The van der Waals surface area contributed by atoms with E-state index in [2.05, 4.69) is 15.8 Å². The summed E-state index contributed by atoms with van der Waals surface area (Å²) in [4.78, 5) is 11.8. The van der Waals surface area contributed by atoms with Gasteiger partial charge in [0.05, 0.1) is 18.3 Å². The summed E-state index contributed by atoms with van der Waals surface area (Å²) in [7, 11) is 0. The molecule has 0 saturated heterocycles. The van der Waals surface area contributed by atoms with Gasteiger partial charge in [0.25, 0.3) is 5.91 Å². The third-order valence-corrected chi connectivity index (χ3v) is 3.95. The number of carbonyl (C=O) groups is 1. The summed E-state index contributed by atoms with van der Waals surface area (Å²) in [5.41, 5.74) is 3.79. The van der Waals surface area contributed by atoms with Crippen LogP contribution in [0.25, 0.3) is 11.3 Å². The van der Waals surface area contributed by atoms with Gasteiger partial charge in [0.15, 0.2) is 0 Å². The van der Waals surface area contributed by atoms with Crippen molar-refractivity contribution in [3.63, 3.8) is 0 Å². The third kappa shape index (κ3) is 5.71. The van der Waals surface area contributed by atoms with Gasteiger partial charge in [0.2, 0.25) is 0 Å². The number of carbonyl (C=O) groups excluding carboxylic acids is 1. The van der Waals surface area contributed by atoms with Crippen LogP contribution in [0.15, 0.2) is 70.2 Å². The number of rotatable bonds is 6. The first-order valence-corrected chi connectivity index (χ1v) is 8.71. The maximum Gasteiger partial charge on any atom is 0.416 e. The predicted molar refractivity (Wildman–Crippen MR) is 105 cm³/mol. The first kappa shape index (κ1) is 20.2. The number of benzene rings is 2. The van der Waals surface area contributed by atoms with Crippen molar-refractivity contribution in [3.8, 4) is 11.3 Å². The van der Waals surface area contributed by atoms with Crippen LogP contribution in [0.1, 0.15) is 16.9 Å². The Bertz CT molecular complexity index is 1030. The molecule has 1 aromatic heterocycles. The molecule has 0 saturated carbocycles. The molecule has 0 spiro atoms. The number of halogens is 3. The predicted octanol–water partition coefficient (Wildman–Crippen LogP) is 4.84. The van der Waals surface area contributed by atoms with Crippen molar-refractivity contribution in [2.75, 3.05) is 11.9 Å². The summed E-state index contributed by atoms with van der Waals surface area (Å²) >= 11 is 0. The highest BCUT2D eigenvalue weighted by Gasteiger charge is 2.30. The molecule has 0 radical (unpaired) electrons. The highest BCUT2D eigenvalue weighted by Crippen LogP contribution is 2.32. The van der Waals surface area contributed by atoms with Gasteiger partial charge in [-0.15, -0.1) is 0 Å². The van der Waals surface area contributed by atoms with Crippen LogP contribution < -0.4 is 10.7 Å². The van der Waals surface area contributed by atoms with Crippen LogP contribution in [0, 0.1) is 6.92 Å². The molecule has 0 aliphatic carbocycles. The van der Waals surface area contributed by atoms with Gasteiger partial charge in [-0.1, -0.05) is 24.3 Å². The summed E-state index contributed by atoms with van der Waals surface area (Å²) in [6.07, 6.45) is -3.15. The monoisotopic (exact) mass is 401 g/mol. The molecule has 0 aliphatic rings. The molecule has 0 unspecified atom stereocenters. The van der Waals surface area contributed by atoms with E-state index in [0.717, 1.165) is 23.4 Å². The normalized spacial score (nSPS) is 11.6. The lowest BCUT2D eigenvalue weighted by Gasteiger charge is -2.07. The fourth-order valence-electron chi connectivity index (χ4n) is 2.57. The number of nitrogens with zero attached hydrogens (tertiary/aromatic N) is 1. The van der Waals surface area contributed by atoms with Gasteiger partial charge in [-0.25, -0.2) is 5.43 Å². The minimum atomic E-state index is -4.43. The zero-order chi connectivity index (χ0) is 20.9. The van der Waals surface area contributed by atoms with E-state index in [1.54, 1.807) is 6.07 Å². The second-order valence-electron chi connectivity index (χ2n) is 6.30. The van der Waals surface area contributed by atoms with Gasteiger partial charge in [-0.3, -0.25) is 4.79 Å². The van der Waals surface area contributed by atoms with E-state index in [4.69, 9.17) is 4.42 Å². The molecule has 150 valence electrons. The Morgan fingerprint density at radius 1 is 1.10 bits per heavy atom. The lowest BCUT2D eigenvalue weighted by atomic mass is 10.1. The van der Waals surface area contributed by atoms with Crippen molar-refractivity contribution in [1.82, 2.24) is 5.43 Å². The molecule has 5 nitrogen and oxygen atoms in total. The summed E-state index contributed by atoms with van der Waals surface area (Å²) in [6.45, 7) is 1.99. The number of anilines is 1. The highest BCUT2D eigenvalue weighted by molar-refractivity contribution is 5.83. The fourth-order valence-corrected chi connectivity index (χ4v) is 2.57. The Morgan fingerprint density at radius 3 is 2.66 bits per heavy atom. The molecule has 1 amide bonds. The second-order valence-corrected chi connectivity index (χ2v) is 6.30. The topological polar surface area (TPSA) is 66.6 Å². The molecule has 1 heterocycles. The largest absolute Gasteiger partial charge is 0.455 e. The molecule has 8 heteroatoms. The number of hydrogen-bond acceptors (Lipinski definition) is 4. The zero-order valence-corrected chi connectivity index (χ0v) is 15.5. The Morgan fingerprint density at radius 2 is 1.90 bits per heavy atom. The average Bonchev–Trinajstić information content (AvgIpc) is 3.15. The Kier molecular flexibility index (Phi) is 6.01. The van der Waals surface area contributed by atoms with Crippen LogP contribution in [0.4, 0.5) is 18.9 Å². The quantitative estimate of drug-likeness (QED) is 0.459. The number of nitrogens with one attached hydrogen (secondary N) is 2. The Balaban J connectivity index is 1.56. The van der Waals surface area contributed by atoms with Crippen molar-refractivity contribution < 1.29 is 22.4 Å². The summed E-state index contributed by atoms with van der Waals surface area (Å²) in [5, 5.41) is 6.77. The van der Waals surface area contributed by atoms with E-state index < -0.39 is 11.7 Å². The lowest BCUT2D eigenvalue weighted by Crippen LogP contribution is -2.25. The molecule has 29 heavy (non-hydrogen) atoms. The van der Waals surface area contributed by atoms with Gasteiger partial charge in [0.1, 0.15) is 11.5 Å². The molecular weight excluding hydrogens is 383 g/mol. The molecule has 3 aromatic rings. The van der Waals surface area contributed by atoms with E-state index in [-0.39, 0.29) is 18.2 Å². The number of hydrazone groups is 1. The van der Waals surface area contributed by atoms with Gasteiger partial charge < -0.3 is 9.73 Å². The van der Waals surface area contributed by atoms with Crippen molar-refractivity contribution in [1.29, 1.82) is 0 Å². The maximum absolute atomic E-state index is 12.8. The van der Waals surface area contributed by atoms with Crippen LogP contribution in [-0.4, -0.2) is 18.7 Å². The maximum atomic E-state index is 12.8. The molecule has 2 aromatic carbocycles. The van der Waals surface area contributed by atoms with Crippen LogP contribution in [0.2, 0.25) is 0 Å². The smallest absolute Gasteiger partial charge is 0.416 e. The van der Waals surface area contributed by atoms with Crippen LogP contribution >= 0.6 is 0 Å². The highest BCUT2D eigenvalue weighted by atomic mass is 19.4. The summed E-state index contributed by atoms with van der Waals surface area (Å²) in [6, 6.07) is 15.5. The van der Waals surface area contributed by atoms with Crippen LogP contribution in [-0.2, 0) is 11.0 Å². The zero-order valence-electron chi connectivity index (χ0n) is 15.5. The van der Waals surface area contributed by atoms with Crippen LogP contribution in [0.3, 0.4) is 0 Å². The standard InChI is InChI=1S/C21H18F3N3O2/c1-14-4-2-7-17(10-14)25-13-20(28)27-26-12-18-8-9-19(29-18)15-5-3-6-16(11-15)21(22,23)24/h2-12,25H,13H2,1H3,(H,27,28)/b26-12+. The number of furan rings is 1. The second kappa shape index (κ2) is 8.64. The summed E-state index contributed by atoms with van der Waals surface area (Å²) in [5.74, 6) is 0.210. The van der Waals surface area contributed by atoms with E-state index >= 15 is 0 Å². The van der Waals surface area contributed by atoms with Gasteiger partial charge in [-0.2, -0.15) is 18.3 Å². The molecule has 3 rings (SSSR count). The van der Waals surface area contributed by atoms with Crippen molar-refractivity contribution in [3.05, 3.63) is 77.6 Å². The molecule has 0 fully saturated rings. The Labute approximate surface area is 165 Å². The van der Waals surface area contributed by atoms with Crippen molar-refractivity contribution >= 4 is 17.8 Å². The molecule has 0 bridgehead atoms. The number of amides is 1. The van der Waals surface area contributed by atoms with Gasteiger partial charge in [-0.05, 0) is 48.9 Å². The lowest BCUT2D eigenvalue weighted by molar-refractivity contribution is -0.137. The fraction of sp³-hybridized carbons (Fsp3) is 0.143. The molecule has 0 atom stereocenters. The van der Waals surface area contributed by atoms with E-state index in [1.807, 2.05) is 31.2 Å². The number of hydrogen-bond donors (Lipinski definition) is 2. The first-order chi connectivity index (χ1) is 13.8. The molecule has 2 N–H and O–H groups in total. The third-order valence-electron chi connectivity index (χ3n) is 3.95. The van der Waals surface area contributed by atoms with Crippen LogP contribution in [0.5, 0.6) is 0 Å². The van der Waals surface area contributed by atoms with E-state index in [1.165, 1.54) is 24.4 Å². The van der Waals surface area contributed by atoms with E-state index in [0.29, 0.717) is 11.3 Å². The minimum Gasteiger partial charge on any atom is -0.455 e. The van der Waals surface area contributed by atoms with Gasteiger partial charge in [0, 0.05) is 11.3 Å². The van der Waals surface area contributed by atoms with Crippen molar-refractivity contribution in [2.24, 2.45) is 5.10 Å². The minimum absolute atomic E-state index is 0.0361. The molecular formula is C21H18F3N3O2. The Hall–Kier alpha value is -3.55. The number of alkyl halides is 3. The SMILES string of the molecule is Cc1cccc(NCC(=O)N/N=C/c2ccc(-c3cccc(C(F)(F)F)c3)o2)c1. The van der Waals surface area contributed by atoms with E-state index in [9.17, 15) is 18.0 Å². The van der Waals surface area contributed by atoms with Gasteiger partial charge >= 0.3 is 6.18 Å².